The second-order valence-electron chi connectivity index (χ2n) is 4.59. The van der Waals surface area contributed by atoms with Crippen LogP contribution >= 0.6 is 11.8 Å². The highest BCUT2D eigenvalue weighted by Gasteiger charge is 2.00. The highest BCUT2D eigenvalue weighted by atomic mass is 32.2. The molecule has 1 aromatic carbocycles. The number of hydrogen-bond acceptors (Lipinski definition) is 3. The van der Waals surface area contributed by atoms with E-state index in [9.17, 15) is 0 Å². The zero-order valence-electron chi connectivity index (χ0n) is 11.6. The summed E-state index contributed by atoms with van der Waals surface area (Å²) >= 11 is 1.84. The topological polar surface area (TPSA) is 29.9 Å². The zero-order valence-corrected chi connectivity index (χ0v) is 12.4. The van der Waals surface area contributed by atoms with Gasteiger partial charge in [-0.05, 0) is 36.7 Å². The number of nitrogens with zero attached hydrogens (tertiary/aromatic N) is 2. The highest BCUT2D eigenvalue weighted by Crippen LogP contribution is 2.22. The summed E-state index contributed by atoms with van der Waals surface area (Å²) in [5, 5.41) is 7.82. The molecule has 2 rings (SSSR count). The molecule has 4 heteroatoms. The third-order valence-electron chi connectivity index (χ3n) is 2.81. The Morgan fingerprint density at radius 1 is 1.32 bits per heavy atom. The third-order valence-corrected chi connectivity index (χ3v) is 3.84. The Kier molecular flexibility index (Phi) is 5.48. The minimum absolute atomic E-state index is 0.923. The number of thioether (sulfide) groups is 1. The maximum atomic E-state index is 4.39. The molecule has 2 aromatic rings. The van der Waals surface area contributed by atoms with Crippen LogP contribution in [0.1, 0.15) is 24.6 Å². The molecular formula is C15H21N3S. The lowest BCUT2D eigenvalue weighted by atomic mass is 10.2. The lowest BCUT2D eigenvalue weighted by Crippen LogP contribution is -2.13. The van der Waals surface area contributed by atoms with Crippen molar-refractivity contribution in [3.8, 4) is 0 Å². The van der Waals surface area contributed by atoms with Crippen molar-refractivity contribution >= 4 is 11.8 Å². The Morgan fingerprint density at radius 3 is 2.95 bits per heavy atom. The summed E-state index contributed by atoms with van der Waals surface area (Å²) in [6.45, 7) is 4.21. The second-order valence-corrected chi connectivity index (χ2v) is 5.64. The molecule has 3 nitrogen and oxygen atoms in total. The van der Waals surface area contributed by atoms with E-state index >= 15 is 0 Å². The molecule has 0 amide bonds. The van der Waals surface area contributed by atoms with Crippen LogP contribution in [0, 0.1) is 0 Å². The van der Waals surface area contributed by atoms with Gasteiger partial charge in [-0.15, -0.1) is 11.8 Å². The summed E-state index contributed by atoms with van der Waals surface area (Å²) in [6.07, 6.45) is 3.16. The van der Waals surface area contributed by atoms with E-state index in [-0.39, 0.29) is 0 Å². The summed E-state index contributed by atoms with van der Waals surface area (Å²) in [6, 6.07) is 10.8. The lowest BCUT2D eigenvalue weighted by Gasteiger charge is -2.05. The van der Waals surface area contributed by atoms with Crippen molar-refractivity contribution in [3.63, 3.8) is 0 Å². The van der Waals surface area contributed by atoms with Crippen molar-refractivity contribution in [2.75, 3.05) is 6.54 Å². The van der Waals surface area contributed by atoms with Gasteiger partial charge < -0.3 is 5.32 Å². The predicted molar refractivity (Wildman–Crippen MR) is 81.2 cm³/mol. The average Bonchev–Trinajstić information content (AvgIpc) is 2.83. The van der Waals surface area contributed by atoms with E-state index in [4.69, 9.17) is 0 Å². The highest BCUT2D eigenvalue weighted by molar-refractivity contribution is 7.98. The van der Waals surface area contributed by atoms with Gasteiger partial charge in [0.1, 0.15) is 0 Å². The molecule has 19 heavy (non-hydrogen) atoms. The summed E-state index contributed by atoms with van der Waals surface area (Å²) in [5.41, 5.74) is 2.47. The molecule has 0 radical (unpaired) electrons. The number of benzene rings is 1. The van der Waals surface area contributed by atoms with Gasteiger partial charge in [-0.2, -0.15) is 5.10 Å². The molecule has 0 aliphatic carbocycles. The van der Waals surface area contributed by atoms with E-state index in [1.165, 1.54) is 16.9 Å². The van der Waals surface area contributed by atoms with Crippen LogP contribution in [-0.2, 0) is 19.3 Å². The molecule has 1 heterocycles. The molecule has 0 saturated carbocycles. The minimum Gasteiger partial charge on any atom is -0.313 e. The van der Waals surface area contributed by atoms with Crippen molar-refractivity contribution in [3.05, 3.63) is 47.8 Å². The van der Waals surface area contributed by atoms with Gasteiger partial charge in [0.2, 0.25) is 0 Å². The molecule has 1 N–H and O–H groups in total. The smallest absolute Gasteiger partial charge is 0.0727 e. The number of aryl methyl sites for hydroxylation is 1. The van der Waals surface area contributed by atoms with E-state index in [0.29, 0.717) is 0 Å². The maximum absolute atomic E-state index is 4.39. The Morgan fingerprint density at radius 2 is 2.21 bits per heavy atom. The van der Waals surface area contributed by atoms with Crippen LogP contribution in [0.25, 0.3) is 0 Å². The van der Waals surface area contributed by atoms with E-state index in [0.717, 1.165) is 24.5 Å². The van der Waals surface area contributed by atoms with E-state index < -0.39 is 0 Å². The van der Waals surface area contributed by atoms with Gasteiger partial charge in [0.25, 0.3) is 0 Å². The number of rotatable bonds is 7. The van der Waals surface area contributed by atoms with E-state index in [1.54, 1.807) is 0 Å². The standard InChI is InChI=1S/C15H21N3S/c1-3-8-16-11-13-5-4-6-15(10-13)19-12-14-7-9-18(2)17-14/h4-7,9-10,16H,3,8,11-12H2,1-2H3. The minimum atomic E-state index is 0.923. The first-order chi connectivity index (χ1) is 9.28. The summed E-state index contributed by atoms with van der Waals surface area (Å²) < 4.78 is 1.85. The van der Waals surface area contributed by atoms with E-state index in [2.05, 4.69) is 47.7 Å². The van der Waals surface area contributed by atoms with Gasteiger partial charge in [0.05, 0.1) is 5.69 Å². The van der Waals surface area contributed by atoms with Crippen LogP contribution in [0.3, 0.4) is 0 Å². The van der Waals surface area contributed by atoms with Crippen LogP contribution in [0.5, 0.6) is 0 Å². The van der Waals surface area contributed by atoms with Crippen LogP contribution in [0.15, 0.2) is 41.4 Å². The van der Waals surface area contributed by atoms with Gasteiger partial charge in [0.15, 0.2) is 0 Å². The molecule has 0 bridgehead atoms. The fourth-order valence-corrected chi connectivity index (χ4v) is 2.73. The Balaban J connectivity index is 1.87. The van der Waals surface area contributed by atoms with Gasteiger partial charge in [-0.25, -0.2) is 0 Å². The van der Waals surface area contributed by atoms with Crippen molar-refractivity contribution in [1.82, 2.24) is 15.1 Å². The zero-order chi connectivity index (χ0) is 13.5. The number of aromatic nitrogens is 2. The number of hydrogen-bond donors (Lipinski definition) is 1. The first-order valence-corrected chi connectivity index (χ1v) is 7.67. The van der Waals surface area contributed by atoms with Crippen LogP contribution < -0.4 is 5.32 Å². The molecule has 0 atom stereocenters. The Labute approximate surface area is 119 Å². The fourth-order valence-electron chi connectivity index (χ4n) is 1.85. The first-order valence-electron chi connectivity index (χ1n) is 6.69. The normalized spacial score (nSPS) is 10.8. The second kappa shape index (κ2) is 7.36. The van der Waals surface area contributed by atoms with Gasteiger partial charge in [-0.3, -0.25) is 4.68 Å². The largest absolute Gasteiger partial charge is 0.313 e. The SMILES string of the molecule is CCCNCc1cccc(SCc2ccn(C)n2)c1. The number of nitrogens with one attached hydrogen (secondary N) is 1. The van der Waals surface area contributed by atoms with Gasteiger partial charge >= 0.3 is 0 Å². The summed E-state index contributed by atoms with van der Waals surface area (Å²) in [4.78, 5) is 1.31. The Hall–Kier alpha value is -1.26. The quantitative estimate of drug-likeness (QED) is 0.621. The summed E-state index contributed by atoms with van der Waals surface area (Å²) in [7, 11) is 1.95. The molecule has 0 aliphatic rings. The monoisotopic (exact) mass is 275 g/mol. The maximum Gasteiger partial charge on any atom is 0.0727 e. The molecule has 0 aliphatic heterocycles. The molecule has 0 saturated heterocycles. The molecule has 0 fully saturated rings. The van der Waals surface area contributed by atoms with Crippen molar-refractivity contribution in [1.29, 1.82) is 0 Å². The summed E-state index contributed by atoms with van der Waals surface area (Å²) in [5.74, 6) is 0.923. The first kappa shape index (κ1) is 14.2. The van der Waals surface area contributed by atoms with Gasteiger partial charge in [-0.1, -0.05) is 19.1 Å². The average molecular weight is 275 g/mol. The van der Waals surface area contributed by atoms with Crippen molar-refractivity contribution < 1.29 is 0 Å². The van der Waals surface area contributed by atoms with E-state index in [1.807, 2.05) is 29.7 Å². The molecule has 102 valence electrons. The van der Waals surface area contributed by atoms with Crippen molar-refractivity contribution in [2.45, 2.75) is 30.5 Å². The molecular weight excluding hydrogens is 254 g/mol. The predicted octanol–water partition coefficient (Wildman–Crippen LogP) is 3.21. The van der Waals surface area contributed by atoms with Crippen LogP contribution in [-0.4, -0.2) is 16.3 Å². The molecule has 0 spiro atoms. The third kappa shape index (κ3) is 4.73. The van der Waals surface area contributed by atoms with Crippen LogP contribution in [0.4, 0.5) is 0 Å². The Bertz CT molecular complexity index is 508. The molecule has 1 aromatic heterocycles. The lowest BCUT2D eigenvalue weighted by molar-refractivity contribution is 0.674. The van der Waals surface area contributed by atoms with Gasteiger partial charge in [0, 0.05) is 30.4 Å². The molecule has 0 unspecified atom stereocenters. The van der Waals surface area contributed by atoms with Crippen molar-refractivity contribution in [2.24, 2.45) is 7.05 Å². The van der Waals surface area contributed by atoms with Crippen LogP contribution in [0.2, 0.25) is 0 Å². The fraction of sp³-hybridized carbons (Fsp3) is 0.400.